The maximum absolute atomic E-state index is 11.0. The average molecular weight is 673 g/mol. The van der Waals surface area contributed by atoms with Crippen molar-refractivity contribution in [2.45, 2.75) is 56.5 Å². The van der Waals surface area contributed by atoms with Gasteiger partial charge in [-0.1, -0.05) is 165 Å². The minimum Gasteiger partial charge on any atom is -0.391 e. The molecule has 0 saturated heterocycles. The Kier molecular flexibility index (Phi) is 7.57. The molecule has 1 heterocycles. The van der Waals surface area contributed by atoms with Crippen molar-refractivity contribution in [1.29, 1.82) is 0 Å². The highest BCUT2D eigenvalue weighted by molar-refractivity contribution is 6.50. The van der Waals surface area contributed by atoms with Crippen molar-refractivity contribution in [3.05, 3.63) is 192 Å². The van der Waals surface area contributed by atoms with Crippen LogP contribution in [0.4, 0.5) is 0 Å². The third-order valence-electron chi connectivity index (χ3n) is 12.0. The molecule has 0 aliphatic heterocycles. The molecular formula is C49H43BNO. The first-order chi connectivity index (χ1) is 25.2. The second-order valence-electron chi connectivity index (χ2n) is 15.7. The van der Waals surface area contributed by atoms with Crippen molar-refractivity contribution in [3.8, 4) is 22.3 Å². The van der Waals surface area contributed by atoms with E-state index in [1.807, 2.05) is 13.8 Å². The Bertz CT molecular complexity index is 2490. The van der Waals surface area contributed by atoms with Crippen LogP contribution in [-0.2, 0) is 5.41 Å². The maximum atomic E-state index is 11.0. The molecule has 52 heavy (non-hydrogen) atoms. The molecule has 9 rings (SSSR count). The summed E-state index contributed by atoms with van der Waals surface area (Å²) in [6.45, 7) is 8.02. The highest BCUT2D eigenvalue weighted by atomic mass is 16.3. The molecule has 2 aliphatic rings. The standard InChI is InChI=1S/C49H43BNO/c1-47(2,48(3,4)52)50-37-20-15-21-38(32-37)51-45-29-27-36(31-42(45)41-28-26-34(30-46(41)51)33-16-7-5-8-17-33)49(35-18-9-6-10-19-35)43-24-13-11-22-39(43)40-23-12-14-25-44(40)49/h5-20,22-32,38,52H,21H2,1-4H3. The van der Waals surface area contributed by atoms with Gasteiger partial charge in [-0.2, -0.15) is 0 Å². The van der Waals surface area contributed by atoms with Crippen LogP contribution in [0, 0.1) is 0 Å². The van der Waals surface area contributed by atoms with Gasteiger partial charge in [0, 0.05) is 16.3 Å². The van der Waals surface area contributed by atoms with Gasteiger partial charge in [0.2, 0.25) is 0 Å². The lowest BCUT2D eigenvalue weighted by molar-refractivity contribution is 0.0408. The molecule has 0 amide bonds. The van der Waals surface area contributed by atoms with Crippen LogP contribution in [0.3, 0.4) is 0 Å². The van der Waals surface area contributed by atoms with E-state index in [0.29, 0.717) is 0 Å². The molecule has 0 fully saturated rings. The van der Waals surface area contributed by atoms with Gasteiger partial charge in [0.25, 0.3) is 0 Å². The largest absolute Gasteiger partial charge is 0.391 e. The van der Waals surface area contributed by atoms with Crippen LogP contribution in [-0.4, -0.2) is 22.6 Å². The molecule has 0 saturated carbocycles. The predicted octanol–water partition coefficient (Wildman–Crippen LogP) is 11.9. The Morgan fingerprint density at radius 2 is 1.25 bits per heavy atom. The van der Waals surface area contributed by atoms with Gasteiger partial charge in [0.05, 0.1) is 22.6 Å². The zero-order valence-corrected chi connectivity index (χ0v) is 30.3. The summed E-state index contributed by atoms with van der Waals surface area (Å²) in [6.07, 6.45) is 7.79. The van der Waals surface area contributed by atoms with E-state index in [-0.39, 0.29) is 6.04 Å². The molecule has 0 spiro atoms. The molecule has 0 bridgehead atoms. The summed E-state index contributed by atoms with van der Waals surface area (Å²) in [5.41, 5.74) is 12.5. The molecule has 1 unspecified atom stereocenters. The normalized spacial score (nSPS) is 16.5. The van der Waals surface area contributed by atoms with Gasteiger partial charge in [-0.05, 0) is 88.3 Å². The highest BCUT2D eigenvalue weighted by Gasteiger charge is 2.46. The number of aromatic nitrogens is 1. The van der Waals surface area contributed by atoms with Gasteiger partial charge in [-0.3, -0.25) is 0 Å². The van der Waals surface area contributed by atoms with Crippen LogP contribution in [0.5, 0.6) is 0 Å². The summed E-state index contributed by atoms with van der Waals surface area (Å²) in [5.74, 6) is 0. The quantitative estimate of drug-likeness (QED) is 0.168. The third kappa shape index (κ3) is 4.98. The van der Waals surface area contributed by atoms with E-state index < -0.39 is 16.3 Å². The number of benzene rings is 6. The lowest BCUT2D eigenvalue weighted by Crippen LogP contribution is -2.38. The van der Waals surface area contributed by atoms with E-state index in [0.717, 1.165) is 11.9 Å². The Labute approximate surface area is 308 Å². The summed E-state index contributed by atoms with van der Waals surface area (Å²) < 4.78 is 2.56. The van der Waals surface area contributed by atoms with Gasteiger partial charge >= 0.3 is 0 Å². The molecule has 2 aliphatic carbocycles. The zero-order chi connectivity index (χ0) is 35.7. The van der Waals surface area contributed by atoms with E-state index in [1.165, 1.54) is 66.3 Å². The number of rotatable bonds is 7. The number of hydrogen-bond donors (Lipinski definition) is 1. The van der Waals surface area contributed by atoms with E-state index in [4.69, 9.17) is 0 Å². The number of allylic oxidation sites excluding steroid dienone is 4. The lowest BCUT2D eigenvalue weighted by Gasteiger charge is -2.38. The molecule has 253 valence electrons. The van der Waals surface area contributed by atoms with Gasteiger partial charge in [0.15, 0.2) is 7.28 Å². The molecule has 1 N–H and O–H groups in total. The second kappa shape index (κ2) is 12.1. The first kappa shape index (κ1) is 32.5. The monoisotopic (exact) mass is 672 g/mol. The molecule has 6 aromatic carbocycles. The van der Waals surface area contributed by atoms with Crippen LogP contribution in [0.25, 0.3) is 44.1 Å². The van der Waals surface area contributed by atoms with Crippen molar-refractivity contribution in [2.75, 3.05) is 0 Å². The van der Waals surface area contributed by atoms with Gasteiger partial charge in [0.1, 0.15) is 0 Å². The molecule has 3 heteroatoms. The van der Waals surface area contributed by atoms with E-state index in [2.05, 4.69) is 190 Å². The summed E-state index contributed by atoms with van der Waals surface area (Å²) in [5, 5.41) is 13.1. The minimum absolute atomic E-state index is 0.113. The molecular weight excluding hydrogens is 629 g/mol. The number of aliphatic hydroxyl groups is 1. The van der Waals surface area contributed by atoms with Crippen LogP contribution < -0.4 is 0 Å². The molecule has 2 nitrogen and oxygen atoms in total. The number of fused-ring (bicyclic) bond motifs is 6. The SMILES string of the molecule is CC(C)(O)C(C)(C)[B]C1=CC(n2c3ccc(C4(c5ccccc5)c5ccccc5-c5ccccc54)cc3c3ccc(-c4ccccc4)cc32)CC=C1. The van der Waals surface area contributed by atoms with Gasteiger partial charge < -0.3 is 9.67 Å². The van der Waals surface area contributed by atoms with Crippen LogP contribution in [0.1, 0.15) is 62.4 Å². The maximum Gasteiger partial charge on any atom is 0.161 e. The third-order valence-corrected chi connectivity index (χ3v) is 12.0. The first-order valence-corrected chi connectivity index (χ1v) is 18.5. The summed E-state index contributed by atoms with van der Waals surface area (Å²) in [4.78, 5) is 0. The molecule has 7 aromatic rings. The fourth-order valence-electron chi connectivity index (χ4n) is 8.72. The highest BCUT2D eigenvalue weighted by Crippen LogP contribution is 2.56. The first-order valence-electron chi connectivity index (χ1n) is 18.5. The Hall–Kier alpha value is -5.38. The van der Waals surface area contributed by atoms with Crippen molar-refractivity contribution in [3.63, 3.8) is 0 Å². The fraction of sp³-hybridized carbons (Fsp3) is 0.184. The Morgan fingerprint density at radius 3 is 1.92 bits per heavy atom. The second-order valence-corrected chi connectivity index (χ2v) is 15.7. The summed E-state index contributed by atoms with van der Waals surface area (Å²) in [6, 6.07) is 54.0. The van der Waals surface area contributed by atoms with Gasteiger partial charge in [-0.25, -0.2) is 0 Å². The van der Waals surface area contributed by atoms with E-state index in [9.17, 15) is 5.11 Å². The average Bonchev–Trinajstić information content (AvgIpc) is 3.65. The molecule has 1 aromatic heterocycles. The van der Waals surface area contributed by atoms with E-state index >= 15 is 0 Å². The Morgan fingerprint density at radius 1 is 0.615 bits per heavy atom. The van der Waals surface area contributed by atoms with Crippen LogP contribution in [0.2, 0.25) is 5.31 Å². The smallest absolute Gasteiger partial charge is 0.161 e. The summed E-state index contributed by atoms with van der Waals surface area (Å²) in [7, 11) is 2.23. The molecule has 1 atom stereocenters. The van der Waals surface area contributed by atoms with Crippen molar-refractivity contribution >= 4 is 29.1 Å². The topological polar surface area (TPSA) is 25.2 Å². The molecule has 1 radical (unpaired) electrons. The number of nitrogens with zero attached hydrogens (tertiary/aromatic N) is 1. The zero-order valence-electron chi connectivity index (χ0n) is 30.3. The number of hydrogen-bond acceptors (Lipinski definition) is 1. The predicted molar refractivity (Wildman–Crippen MR) is 219 cm³/mol. The summed E-state index contributed by atoms with van der Waals surface area (Å²) >= 11 is 0. The van der Waals surface area contributed by atoms with Crippen molar-refractivity contribution in [2.24, 2.45) is 0 Å². The van der Waals surface area contributed by atoms with Crippen molar-refractivity contribution in [1.82, 2.24) is 4.57 Å². The van der Waals surface area contributed by atoms with Crippen LogP contribution in [0.15, 0.2) is 169 Å². The van der Waals surface area contributed by atoms with Crippen molar-refractivity contribution < 1.29 is 5.11 Å². The lowest BCUT2D eigenvalue weighted by atomic mass is 9.44. The Balaban J connectivity index is 1.30. The van der Waals surface area contributed by atoms with Crippen LogP contribution >= 0.6 is 0 Å². The fourth-order valence-corrected chi connectivity index (χ4v) is 8.72. The van der Waals surface area contributed by atoms with Gasteiger partial charge in [-0.15, -0.1) is 0 Å². The minimum atomic E-state index is -0.853. The van der Waals surface area contributed by atoms with E-state index in [1.54, 1.807) is 0 Å².